The summed E-state index contributed by atoms with van der Waals surface area (Å²) in [4.78, 5) is 2.08. The number of hydrogen-bond donors (Lipinski definition) is 1. The Morgan fingerprint density at radius 1 is 1.22 bits per heavy atom. The average molecular weight is 244 g/mol. The van der Waals surface area contributed by atoms with Gasteiger partial charge in [0, 0.05) is 18.8 Å². The van der Waals surface area contributed by atoms with Crippen LogP contribution in [0.1, 0.15) is 25.6 Å². The van der Waals surface area contributed by atoms with Crippen LogP contribution in [0.25, 0.3) is 0 Å². The molecule has 0 aliphatic carbocycles. The van der Waals surface area contributed by atoms with Crippen molar-refractivity contribution in [3.05, 3.63) is 36.0 Å². The predicted octanol–water partition coefficient (Wildman–Crippen LogP) is 3.12. The molecule has 0 amide bonds. The van der Waals surface area contributed by atoms with Gasteiger partial charge in [0.2, 0.25) is 0 Å². The summed E-state index contributed by atoms with van der Waals surface area (Å²) in [6, 6.07) is 10.4. The van der Waals surface area contributed by atoms with Gasteiger partial charge in [-0.1, -0.05) is 18.2 Å². The van der Waals surface area contributed by atoms with E-state index in [2.05, 4.69) is 36.0 Å². The lowest BCUT2D eigenvalue weighted by Gasteiger charge is -2.22. The van der Waals surface area contributed by atoms with Gasteiger partial charge >= 0.3 is 0 Å². The predicted molar refractivity (Wildman–Crippen MR) is 76.3 cm³/mol. The number of para-hydroxylation sites is 1. The van der Waals surface area contributed by atoms with E-state index in [0.29, 0.717) is 0 Å². The molecule has 4 nitrogen and oxygen atoms in total. The van der Waals surface area contributed by atoms with Gasteiger partial charge in [-0.25, -0.2) is 4.68 Å². The van der Waals surface area contributed by atoms with Crippen LogP contribution in [-0.4, -0.2) is 16.8 Å². The Morgan fingerprint density at radius 3 is 2.39 bits per heavy atom. The van der Waals surface area contributed by atoms with E-state index < -0.39 is 0 Å². The Balaban J connectivity index is 2.50. The third kappa shape index (κ3) is 2.06. The minimum absolute atomic E-state index is 0.280. The zero-order chi connectivity index (χ0) is 13.3. The maximum Gasteiger partial charge on any atom is 0.155 e. The lowest BCUT2D eigenvalue weighted by Crippen LogP contribution is -2.17. The number of nitrogens with zero attached hydrogens (tertiary/aromatic N) is 3. The second kappa shape index (κ2) is 4.72. The van der Waals surface area contributed by atoms with E-state index in [1.54, 1.807) is 0 Å². The highest BCUT2D eigenvalue weighted by molar-refractivity contribution is 5.73. The highest BCUT2D eigenvalue weighted by Gasteiger charge is 2.18. The molecule has 0 bridgehead atoms. The summed E-state index contributed by atoms with van der Waals surface area (Å²) in [6.45, 7) is 6.15. The largest absolute Gasteiger partial charge is 0.394 e. The van der Waals surface area contributed by atoms with E-state index >= 15 is 0 Å². The first-order valence-electron chi connectivity index (χ1n) is 6.15. The molecule has 1 heterocycles. The molecule has 0 spiro atoms. The molecule has 0 aliphatic rings. The molecule has 1 aromatic heterocycles. The molecule has 18 heavy (non-hydrogen) atoms. The van der Waals surface area contributed by atoms with Gasteiger partial charge in [-0.15, -0.1) is 0 Å². The van der Waals surface area contributed by atoms with Gasteiger partial charge in [-0.3, -0.25) is 0 Å². The van der Waals surface area contributed by atoms with Crippen LogP contribution in [0.3, 0.4) is 0 Å². The molecule has 1 aromatic carbocycles. The molecule has 0 unspecified atom stereocenters. The molecule has 0 radical (unpaired) electrons. The first-order chi connectivity index (χ1) is 8.52. The van der Waals surface area contributed by atoms with E-state index in [1.165, 1.54) is 0 Å². The fourth-order valence-electron chi connectivity index (χ4n) is 2.02. The highest BCUT2D eigenvalue weighted by Crippen LogP contribution is 2.32. The lowest BCUT2D eigenvalue weighted by atomic mass is 10.3. The standard InChI is InChI=1S/C14H20N4/c1-10(2)18-14(13(15)11(3)16-18)17(4)12-8-6-5-7-9-12/h5-10H,15H2,1-4H3. The van der Waals surface area contributed by atoms with Crippen molar-refractivity contribution in [3.63, 3.8) is 0 Å². The van der Waals surface area contributed by atoms with Crippen LogP contribution in [0, 0.1) is 6.92 Å². The summed E-state index contributed by atoms with van der Waals surface area (Å²) in [5.74, 6) is 0.953. The Kier molecular flexibility index (Phi) is 3.28. The normalized spacial score (nSPS) is 10.9. The Morgan fingerprint density at radius 2 is 1.83 bits per heavy atom. The maximum absolute atomic E-state index is 6.15. The minimum Gasteiger partial charge on any atom is -0.394 e. The number of aryl methyl sites for hydroxylation is 1. The van der Waals surface area contributed by atoms with Gasteiger partial charge in [0.1, 0.15) is 0 Å². The quantitative estimate of drug-likeness (QED) is 0.902. The summed E-state index contributed by atoms with van der Waals surface area (Å²) in [6.07, 6.45) is 0. The van der Waals surface area contributed by atoms with Crippen LogP contribution >= 0.6 is 0 Å². The van der Waals surface area contributed by atoms with Crippen LogP contribution in [0.2, 0.25) is 0 Å². The van der Waals surface area contributed by atoms with E-state index in [0.717, 1.165) is 22.9 Å². The minimum atomic E-state index is 0.280. The molecular formula is C14H20N4. The molecule has 0 saturated heterocycles. The van der Waals surface area contributed by atoms with Gasteiger partial charge in [0.15, 0.2) is 5.82 Å². The molecule has 0 saturated carbocycles. The van der Waals surface area contributed by atoms with Gasteiger partial charge < -0.3 is 10.6 Å². The van der Waals surface area contributed by atoms with Crippen LogP contribution < -0.4 is 10.6 Å². The van der Waals surface area contributed by atoms with Crippen molar-refractivity contribution in [1.29, 1.82) is 0 Å². The molecule has 0 aliphatic heterocycles. The fraction of sp³-hybridized carbons (Fsp3) is 0.357. The highest BCUT2D eigenvalue weighted by atomic mass is 15.4. The van der Waals surface area contributed by atoms with E-state index in [-0.39, 0.29) is 6.04 Å². The average Bonchev–Trinajstić information content (AvgIpc) is 2.66. The second-order valence-electron chi connectivity index (χ2n) is 4.76. The third-order valence-electron chi connectivity index (χ3n) is 3.06. The van der Waals surface area contributed by atoms with E-state index in [9.17, 15) is 0 Å². The van der Waals surface area contributed by atoms with Crippen LogP contribution in [0.5, 0.6) is 0 Å². The number of nitrogen functional groups attached to an aromatic ring is 1. The van der Waals surface area contributed by atoms with Crippen molar-refractivity contribution in [3.8, 4) is 0 Å². The van der Waals surface area contributed by atoms with E-state index in [4.69, 9.17) is 5.73 Å². The van der Waals surface area contributed by atoms with Crippen molar-refractivity contribution >= 4 is 17.2 Å². The summed E-state index contributed by atoms with van der Waals surface area (Å²) >= 11 is 0. The topological polar surface area (TPSA) is 47.1 Å². The van der Waals surface area contributed by atoms with Crippen LogP contribution in [-0.2, 0) is 0 Å². The first kappa shape index (κ1) is 12.5. The zero-order valence-corrected chi connectivity index (χ0v) is 11.4. The second-order valence-corrected chi connectivity index (χ2v) is 4.76. The third-order valence-corrected chi connectivity index (χ3v) is 3.06. The summed E-state index contributed by atoms with van der Waals surface area (Å²) in [5.41, 5.74) is 8.88. The number of benzene rings is 1. The first-order valence-corrected chi connectivity index (χ1v) is 6.15. The monoisotopic (exact) mass is 244 g/mol. The Bertz CT molecular complexity index is 528. The van der Waals surface area contributed by atoms with Crippen LogP contribution in [0.15, 0.2) is 30.3 Å². The molecule has 0 atom stereocenters. The van der Waals surface area contributed by atoms with Crippen molar-refractivity contribution in [2.75, 3.05) is 17.7 Å². The van der Waals surface area contributed by atoms with Gasteiger partial charge in [-0.05, 0) is 32.9 Å². The van der Waals surface area contributed by atoms with Gasteiger partial charge in [0.25, 0.3) is 0 Å². The van der Waals surface area contributed by atoms with Crippen molar-refractivity contribution in [2.45, 2.75) is 26.8 Å². The van der Waals surface area contributed by atoms with Crippen molar-refractivity contribution in [1.82, 2.24) is 9.78 Å². The SMILES string of the molecule is Cc1nn(C(C)C)c(N(C)c2ccccc2)c1N. The summed E-state index contributed by atoms with van der Waals surface area (Å²) in [5, 5.41) is 4.51. The van der Waals surface area contributed by atoms with Crippen molar-refractivity contribution in [2.24, 2.45) is 0 Å². The number of rotatable bonds is 3. The zero-order valence-electron chi connectivity index (χ0n) is 11.4. The molecule has 2 aromatic rings. The Hall–Kier alpha value is -1.97. The molecule has 4 heteroatoms. The van der Waals surface area contributed by atoms with E-state index in [1.807, 2.05) is 36.9 Å². The number of nitrogens with two attached hydrogens (primary N) is 1. The summed E-state index contributed by atoms with van der Waals surface area (Å²) < 4.78 is 1.97. The summed E-state index contributed by atoms with van der Waals surface area (Å²) in [7, 11) is 2.01. The van der Waals surface area contributed by atoms with Crippen LogP contribution in [0.4, 0.5) is 17.2 Å². The van der Waals surface area contributed by atoms with Crippen molar-refractivity contribution < 1.29 is 0 Å². The smallest absolute Gasteiger partial charge is 0.155 e. The molecule has 96 valence electrons. The molecule has 0 fully saturated rings. The maximum atomic E-state index is 6.15. The molecule has 2 N–H and O–H groups in total. The molecular weight excluding hydrogens is 224 g/mol. The number of anilines is 3. The Labute approximate surface area is 108 Å². The van der Waals surface area contributed by atoms with Gasteiger partial charge in [0.05, 0.1) is 11.4 Å². The molecule has 2 rings (SSSR count). The van der Waals surface area contributed by atoms with Gasteiger partial charge in [-0.2, -0.15) is 5.10 Å². The lowest BCUT2D eigenvalue weighted by molar-refractivity contribution is 0.531. The number of hydrogen-bond acceptors (Lipinski definition) is 3. The number of aromatic nitrogens is 2. The fourth-order valence-corrected chi connectivity index (χ4v) is 2.02.